The summed E-state index contributed by atoms with van der Waals surface area (Å²) in [5.74, 6) is -5.42. The lowest BCUT2D eigenvalue weighted by molar-refractivity contribution is -0.136. The summed E-state index contributed by atoms with van der Waals surface area (Å²) in [5, 5.41) is 1.55. The van der Waals surface area contributed by atoms with E-state index in [4.69, 9.17) is 19.1 Å². The van der Waals surface area contributed by atoms with Gasteiger partial charge < -0.3 is 14.4 Å². The van der Waals surface area contributed by atoms with Crippen LogP contribution < -0.4 is 10.1 Å². The standard InChI is InChI=1S/C25H26FN3O5/c26-20-12-16(13-28-8-10-33-11-9-28)4-5-17(20)15-34-22-3-1-2-18-19(22)14-29(25(18)32)21-6-7-23(30)27-24(21)31/h1-5,12,21H,6-11,13-15H2,(H,27,30,31)/t21-/m1/s1/i6D2,7D2,14D2,21D. The number of halogens is 1. The quantitative estimate of drug-likeness (QED) is 0.645. The third-order valence-electron chi connectivity index (χ3n) is 5.65. The summed E-state index contributed by atoms with van der Waals surface area (Å²) in [5.41, 5.74) is 0.0794. The van der Waals surface area contributed by atoms with Gasteiger partial charge in [0.25, 0.3) is 5.91 Å². The Hall–Kier alpha value is -3.30. The minimum absolute atomic E-state index is 0.0157. The normalized spacial score (nSPS) is 30.6. The van der Waals surface area contributed by atoms with Crippen LogP contribution in [0.15, 0.2) is 36.4 Å². The van der Waals surface area contributed by atoms with Crippen molar-refractivity contribution in [2.75, 3.05) is 26.3 Å². The maximum Gasteiger partial charge on any atom is 0.255 e. The molecule has 5 rings (SSSR count). The number of nitrogens with zero attached hydrogens (tertiary/aromatic N) is 2. The number of hydrogen-bond donors (Lipinski definition) is 1. The Labute approximate surface area is 206 Å². The number of morpholine rings is 1. The van der Waals surface area contributed by atoms with E-state index in [1.807, 2.05) is 0 Å². The molecule has 3 aliphatic heterocycles. The fourth-order valence-electron chi connectivity index (χ4n) is 3.89. The molecule has 9 heteroatoms. The van der Waals surface area contributed by atoms with Gasteiger partial charge in [0.2, 0.25) is 11.8 Å². The van der Waals surface area contributed by atoms with Crippen LogP contribution in [0.5, 0.6) is 5.75 Å². The van der Waals surface area contributed by atoms with E-state index in [9.17, 15) is 18.8 Å². The molecule has 0 bridgehead atoms. The number of carbonyl (C=O) groups is 3. The summed E-state index contributed by atoms with van der Waals surface area (Å²) >= 11 is 0. The monoisotopic (exact) mass is 474 g/mol. The summed E-state index contributed by atoms with van der Waals surface area (Å²) in [6, 6.07) is 4.93. The highest BCUT2D eigenvalue weighted by Crippen LogP contribution is 2.34. The minimum atomic E-state index is -3.66. The van der Waals surface area contributed by atoms with Crippen LogP contribution >= 0.6 is 0 Å². The molecule has 8 nitrogen and oxygen atoms in total. The zero-order valence-electron chi connectivity index (χ0n) is 25.0. The number of nitrogens with one attached hydrogen (secondary N) is 1. The lowest BCUT2D eigenvalue weighted by Gasteiger charge is -2.29. The van der Waals surface area contributed by atoms with Crippen LogP contribution in [0, 0.1) is 5.82 Å². The van der Waals surface area contributed by atoms with Gasteiger partial charge in [-0.2, -0.15) is 0 Å². The maximum absolute atomic E-state index is 14.9. The zero-order chi connectivity index (χ0) is 30.0. The number of piperidine rings is 1. The van der Waals surface area contributed by atoms with Crippen LogP contribution in [0.3, 0.4) is 0 Å². The molecular formula is C25H26FN3O5. The van der Waals surface area contributed by atoms with Crippen molar-refractivity contribution >= 4 is 17.7 Å². The van der Waals surface area contributed by atoms with Crippen LogP contribution in [-0.2, 0) is 34.0 Å². The molecule has 0 saturated carbocycles. The molecule has 2 saturated heterocycles. The molecule has 1 N–H and O–H groups in total. The number of hydrogen-bond acceptors (Lipinski definition) is 6. The van der Waals surface area contributed by atoms with Crippen molar-refractivity contribution in [1.29, 1.82) is 0 Å². The van der Waals surface area contributed by atoms with Crippen molar-refractivity contribution in [1.82, 2.24) is 15.1 Å². The minimum Gasteiger partial charge on any atom is -0.488 e. The topological polar surface area (TPSA) is 88.2 Å². The Kier molecular flexibility index (Phi) is 4.36. The van der Waals surface area contributed by atoms with Crippen molar-refractivity contribution < 1.29 is 37.8 Å². The molecule has 2 fully saturated rings. The van der Waals surface area contributed by atoms with Crippen LogP contribution in [0.1, 0.15) is 49.4 Å². The first-order chi connectivity index (χ1) is 19.1. The number of fused-ring (bicyclic) bond motifs is 1. The first-order valence-corrected chi connectivity index (χ1v) is 10.7. The van der Waals surface area contributed by atoms with Gasteiger partial charge in [0, 0.05) is 48.2 Å². The van der Waals surface area contributed by atoms with Crippen molar-refractivity contribution in [3.8, 4) is 5.75 Å². The van der Waals surface area contributed by atoms with Gasteiger partial charge in [-0.3, -0.25) is 24.6 Å². The number of carbonyl (C=O) groups excluding carboxylic acids is 3. The third-order valence-corrected chi connectivity index (χ3v) is 5.65. The molecule has 0 aliphatic carbocycles. The van der Waals surface area contributed by atoms with E-state index in [2.05, 4.69) is 4.90 Å². The van der Waals surface area contributed by atoms with E-state index in [0.717, 1.165) is 18.7 Å². The van der Waals surface area contributed by atoms with Crippen LogP contribution in [0.25, 0.3) is 0 Å². The molecule has 1 atom stereocenters. The van der Waals surface area contributed by atoms with E-state index in [1.165, 1.54) is 30.3 Å². The van der Waals surface area contributed by atoms with E-state index < -0.39 is 54.4 Å². The molecule has 2 aromatic rings. The molecule has 0 radical (unpaired) electrons. The molecule has 0 unspecified atom stereocenters. The molecule has 0 spiro atoms. The third kappa shape index (κ3) is 4.53. The Bertz CT molecular complexity index is 1440. The SMILES string of the molecule is [2H]C1([2H])c2c(OCc3ccc(CN4CCOCC4)cc3F)cccc2C(=O)N1[C@@]1([2H])C(=O)NC(=O)C([2H])([2H])C1([2H])[2H]. The number of rotatable bonds is 6. The number of benzene rings is 2. The van der Waals surface area contributed by atoms with Gasteiger partial charge in [0.05, 0.1) is 23.8 Å². The Morgan fingerprint density at radius 1 is 1.21 bits per heavy atom. The maximum atomic E-state index is 14.9. The van der Waals surface area contributed by atoms with Crippen LogP contribution in [0.4, 0.5) is 4.39 Å². The fraction of sp³-hybridized carbons (Fsp3) is 0.400. The van der Waals surface area contributed by atoms with Crippen LogP contribution in [0.2, 0.25) is 0 Å². The second-order valence-corrected chi connectivity index (χ2v) is 7.92. The summed E-state index contributed by atoms with van der Waals surface area (Å²) in [6.07, 6.45) is -7.11. The van der Waals surface area contributed by atoms with Crippen molar-refractivity contribution in [2.45, 2.75) is 38.4 Å². The average Bonchev–Trinajstić information content (AvgIpc) is 3.12. The largest absolute Gasteiger partial charge is 0.488 e. The van der Waals surface area contributed by atoms with Crippen molar-refractivity contribution in [2.24, 2.45) is 0 Å². The summed E-state index contributed by atoms with van der Waals surface area (Å²) < 4.78 is 84.3. The van der Waals surface area contributed by atoms with Crippen LogP contribution in [-0.4, -0.2) is 59.8 Å². The Balaban J connectivity index is 1.43. The highest BCUT2D eigenvalue weighted by atomic mass is 19.1. The average molecular weight is 475 g/mol. The van der Waals surface area contributed by atoms with Gasteiger partial charge in [0.15, 0.2) is 0 Å². The van der Waals surface area contributed by atoms with Crippen molar-refractivity contribution in [3.05, 3.63) is 64.5 Å². The van der Waals surface area contributed by atoms with E-state index in [1.54, 1.807) is 11.4 Å². The predicted molar refractivity (Wildman–Crippen MR) is 119 cm³/mol. The first-order valence-electron chi connectivity index (χ1n) is 14.2. The fourth-order valence-corrected chi connectivity index (χ4v) is 3.89. The van der Waals surface area contributed by atoms with Gasteiger partial charge in [-0.1, -0.05) is 18.2 Å². The van der Waals surface area contributed by atoms with Gasteiger partial charge in [-0.05, 0) is 30.1 Å². The number of amides is 3. The van der Waals surface area contributed by atoms with Gasteiger partial charge in [-0.15, -0.1) is 0 Å². The number of ether oxygens (including phenoxy) is 2. The molecular weight excluding hydrogens is 441 g/mol. The number of imide groups is 1. The molecule has 3 amide bonds. The van der Waals surface area contributed by atoms with Crippen molar-refractivity contribution in [3.63, 3.8) is 0 Å². The van der Waals surface area contributed by atoms with E-state index in [-0.39, 0.29) is 28.4 Å². The first kappa shape index (κ1) is 15.6. The Morgan fingerprint density at radius 2 is 2.03 bits per heavy atom. The smallest absolute Gasteiger partial charge is 0.255 e. The molecule has 3 heterocycles. The molecule has 34 heavy (non-hydrogen) atoms. The molecule has 0 aromatic heterocycles. The molecule has 178 valence electrons. The highest BCUT2D eigenvalue weighted by Gasteiger charge is 2.40. The van der Waals surface area contributed by atoms with Gasteiger partial charge in [0.1, 0.15) is 24.2 Å². The van der Waals surface area contributed by atoms with E-state index in [0.29, 0.717) is 19.8 Å². The summed E-state index contributed by atoms with van der Waals surface area (Å²) in [4.78, 5) is 40.4. The second kappa shape index (κ2) is 9.52. The highest BCUT2D eigenvalue weighted by molar-refractivity contribution is 6.05. The lowest BCUT2D eigenvalue weighted by Crippen LogP contribution is -2.52. The lowest BCUT2D eigenvalue weighted by atomic mass is 10.0. The second-order valence-electron chi connectivity index (χ2n) is 7.92. The van der Waals surface area contributed by atoms with Gasteiger partial charge in [-0.25, -0.2) is 4.39 Å². The predicted octanol–water partition coefficient (Wildman–Crippen LogP) is 2.00. The Morgan fingerprint density at radius 3 is 2.82 bits per heavy atom. The van der Waals surface area contributed by atoms with Gasteiger partial charge >= 0.3 is 0 Å². The molecule has 3 aliphatic rings. The summed E-state index contributed by atoms with van der Waals surface area (Å²) in [6.45, 7) is -0.234. The molecule has 2 aromatic carbocycles. The summed E-state index contributed by atoms with van der Waals surface area (Å²) in [7, 11) is 0. The zero-order valence-corrected chi connectivity index (χ0v) is 18.0. The van der Waals surface area contributed by atoms with E-state index >= 15 is 0 Å².